The molecule has 1 fully saturated rings. The Hall–Kier alpha value is -3.03. The van der Waals surface area contributed by atoms with Gasteiger partial charge in [-0.2, -0.15) is 0 Å². The Labute approximate surface area is 183 Å². The number of amides is 2. The molecule has 1 N–H and O–H groups in total. The molecule has 2 amide bonds. The van der Waals surface area contributed by atoms with E-state index in [0.717, 1.165) is 5.01 Å². The molecule has 0 unspecified atom stereocenters. The molecule has 156 valence electrons. The van der Waals surface area contributed by atoms with Crippen LogP contribution in [0.4, 0.5) is 5.69 Å². The first-order chi connectivity index (χ1) is 14.3. The van der Waals surface area contributed by atoms with E-state index in [2.05, 4.69) is 5.43 Å². The molecule has 30 heavy (non-hydrogen) atoms. The fourth-order valence-corrected chi connectivity index (χ4v) is 3.32. The second-order valence-electron chi connectivity index (χ2n) is 6.62. The van der Waals surface area contributed by atoms with Crippen LogP contribution in [0.1, 0.15) is 19.4 Å². The van der Waals surface area contributed by atoms with Gasteiger partial charge >= 0.3 is 5.97 Å². The van der Waals surface area contributed by atoms with Crippen molar-refractivity contribution < 1.29 is 23.9 Å². The predicted octanol–water partition coefficient (Wildman–Crippen LogP) is 3.79. The number of carbonyl (C=O) groups excluding carboxylic acids is 3. The lowest BCUT2D eigenvalue weighted by atomic mass is 10.1. The number of para-hydroxylation sites is 1. The van der Waals surface area contributed by atoms with E-state index in [1.54, 1.807) is 44.2 Å². The Morgan fingerprint density at radius 3 is 2.37 bits per heavy atom. The summed E-state index contributed by atoms with van der Waals surface area (Å²) in [6, 6.07) is 11.7. The quantitative estimate of drug-likeness (QED) is 0.412. The van der Waals surface area contributed by atoms with Gasteiger partial charge in [0.15, 0.2) is 12.4 Å². The minimum atomic E-state index is -0.558. The van der Waals surface area contributed by atoms with Crippen LogP contribution >= 0.6 is 23.2 Å². The number of halogens is 2. The molecular weight excluding hydrogens is 431 g/mol. The van der Waals surface area contributed by atoms with Crippen LogP contribution in [0.2, 0.25) is 10.0 Å². The number of ether oxygens (including phenoxy) is 2. The molecule has 1 aliphatic rings. The summed E-state index contributed by atoms with van der Waals surface area (Å²) in [6.07, 6.45) is 1.11. The molecule has 0 spiro atoms. The monoisotopic (exact) mass is 448 g/mol. The van der Waals surface area contributed by atoms with Gasteiger partial charge in [-0.15, -0.1) is 0 Å². The van der Waals surface area contributed by atoms with Crippen molar-refractivity contribution in [3.63, 3.8) is 0 Å². The van der Waals surface area contributed by atoms with Crippen molar-refractivity contribution >= 4 is 52.7 Å². The number of rotatable bonds is 6. The summed E-state index contributed by atoms with van der Waals surface area (Å²) in [5.41, 5.74) is 3.41. The van der Waals surface area contributed by atoms with Crippen molar-refractivity contribution in [2.75, 3.05) is 11.6 Å². The molecule has 9 heteroatoms. The third-order valence-electron chi connectivity index (χ3n) is 3.94. The normalized spacial score (nSPS) is 15.0. The van der Waals surface area contributed by atoms with Gasteiger partial charge in [-0.1, -0.05) is 41.4 Å². The SMILES string of the molecule is CC(C)OC(=O)COc1c(Cl)cc(C=C2C(=O)NN(c3ccccc3)C2=O)cc1Cl. The number of hydrazine groups is 1. The summed E-state index contributed by atoms with van der Waals surface area (Å²) in [4.78, 5) is 36.6. The molecule has 1 saturated heterocycles. The minimum Gasteiger partial charge on any atom is -0.479 e. The average molecular weight is 449 g/mol. The van der Waals surface area contributed by atoms with Gasteiger partial charge in [-0.05, 0) is 49.8 Å². The lowest BCUT2D eigenvalue weighted by Gasteiger charge is -2.14. The highest BCUT2D eigenvalue weighted by molar-refractivity contribution is 6.37. The first-order valence-corrected chi connectivity index (χ1v) is 9.75. The zero-order valence-corrected chi connectivity index (χ0v) is 17.7. The second kappa shape index (κ2) is 9.19. The van der Waals surface area contributed by atoms with Crippen molar-refractivity contribution in [2.45, 2.75) is 20.0 Å². The third kappa shape index (κ3) is 4.93. The van der Waals surface area contributed by atoms with Gasteiger partial charge in [-0.25, -0.2) is 9.80 Å². The summed E-state index contributed by atoms with van der Waals surface area (Å²) in [6.45, 7) is 3.09. The van der Waals surface area contributed by atoms with Crippen LogP contribution in [0.5, 0.6) is 5.75 Å². The highest BCUT2D eigenvalue weighted by atomic mass is 35.5. The molecule has 0 radical (unpaired) electrons. The van der Waals surface area contributed by atoms with Crippen LogP contribution in [0.15, 0.2) is 48.0 Å². The molecule has 0 aliphatic carbocycles. The lowest BCUT2D eigenvalue weighted by Crippen LogP contribution is -2.35. The average Bonchev–Trinajstić information content (AvgIpc) is 2.95. The number of hydrogen-bond acceptors (Lipinski definition) is 5. The van der Waals surface area contributed by atoms with E-state index in [1.807, 2.05) is 0 Å². The molecule has 1 heterocycles. The van der Waals surface area contributed by atoms with E-state index < -0.39 is 17.8 Å². The highest BCUT2D eigenvalue weighted by Gasteiger charge is 2.34. The van der Waals surface area contributed by atoms with Crippen LogP contribution < -0.4 is 15.2 Å². The first kappa shape index (κ1) is 21.7. The molecular formula is C21H18Cl2N2O5. The van der Waals surface area contributed by atoms with E-state index in [9.17, 15) is 14.4 Å². The Morgan fingerprint density at radius 2 is 1.77 bits per heavy atom. The molecule has 0 aromatic heterocycles. The zero-order valence-electron chi connectivity index (χ0n) is 16.1. The highest BCUT2D eigenvalue weighted by Crippen LogP contribution is 2.35. The van der Waals surface area contributed by atoms with Gasteiger partial charge in [-0.3, -0.25) is 15.0 Å². The maximum Gasteiger partial charge on any atom is 0.344 e. The van der Waals surface area contributed by atoms with Crippen LogP contribution in [0.25, 0.3) is 6.08 Å². The van der Waals surface area contributed by atoms with Crippen LogP contribution in [-0.2, 0) is 19.1 Å². The number of carbonyl (C=O) groups is 3. The van der Waals surface area contributed by atoms with E-state index in [0.29, 0.717) is 11.3 Å². The minimum absolute atomic E-state index is 0.0693. The Morgan fingerprint density at radius 1 is 1.13 bits per heavy atom. The Balaban J connectivity index is 1.80. The zero-order chi connectivity index (χ0) is 21.8. The molecule has 0 atom stereocenters. The summed E-state index contributed by atoms with van der Waals surface area (Å²) in [5, 5.41) is 1.41. The van der Waals surface area contributed by atoms with Crippen molar-refractivity contribution in [3.05, 3.63) is 63.6 Å². The van der Waals surface area contributed by atoms with E-state index >= 15 is 0 Å². The number of nitrogens with zero attached hydrogens (tertiary/aromatic N) is 1. The van der Waals surface area contributed by atoms with Crippen LogP contribution in [-0.4, -0.2) is 30.5 Å². The van der Waals surface area contributed by atoms with Gasteiger partial charge in [0.1, 0.15) is 5.57 Å². The molecule has 2 aromatic rings. The predicted molar refractivity (Wildman–Crippen MR) is 113 cm³/mol. The molecule has 7 nitrogen and oxygen atoms in total. The van der Waals surface area contributed by atoms with E-state index in [1.165, 1.54) is 18.2 Å². The summed E-state index contributed by atoms with van der Waals surface area (Å²) >= 11 is 12.4. The maximum atomic E-state index is 12.7. The number of esters is 1. The molecule has 1 aliphatic heterocycles. The van der Waals surface area contributed by atoms with Gasteiger partial charge in [0.25, 0.3) is 11.8 Å². The van der Waals surface area contributed by atoms with Crippen LogP contribution in [0, 0.1) is 0 Å². The molecule has 0 bridgehead atoms. The smallest absolute Gasteiger partial charge is 0.344 e. The summed E-state index contributed by atoms with van der Waals surface area (Å²) in [7, 11) is 0. The number of anilines is 1. The topological polar surface area (TPSA) is 84.9 Å². The number of hydrogen-bond donors (Lipinski definition) is 1. The standard InChI is InChI=1S/C21H18Cl2N2O5/c1-12(2)30-18(26)11-29-19-16(22)9-13(10-17(19)23)8-15-20(27)24-25(21(15)28)14-6-4-3-5-7-14/h3-10,12H,11H2,1-2H3,(H,24,27). The van der Waals surface area contributed by atoms with E-state index in [4.69, 9.17) is 32.7 Å². The van der Waals surface area contributed by atoms with Gasteiger partial charge in [0, 0.05) is 0 Å². The van der Waals surface area contributed by atoms with Gasteiger partial charge in [0.05, 0.1) is 21.8 Å². The second-order valence-corrected chi connectivity index (χ2v) is 7.43. The number of nitrogens with one attached hydrogen (secondary N) is 1. The van der Waals surface area contributed by atoms with Crippen molar-refractivity contribution in [2.24, 2.45) is 0 Å². The number of benzene rings is 2. The van der Waals surface area contributed by atoms with Gasteiger partial charge < -0.3 is 9.47 Å². The summed E-state index contributed by atoms with van der Waals surface area (Å²) in [5.74, 6) is -1.50. The van der Waals surface area contributed by atoms with Crippen molar-refractivity contribution in [3.8, 4) is 5.75 Å². The Kier molecular flexibility index (Phi) is 6.64. The third-order valence-corrected chi connectivity index (χ3v) is 4.50. The lowest BCUT2D eigenvalue weighted by molar-refractivity contribution is -0.149. The van der Waals surface area contributed by atoms with E-state index in [-0.39, 0.29) is 34.1 Å². The maximum absolute atomic E-state index is 12.7. The molecule has 3 rings (SSSR count). The van der Waals surface area contributed by atoms with Crippen molar-refractivity contribution in [1.29, 1.82) is 0 Å². The molecule has 2 aromatic carbocycles. The fourth-order valence-electron chi connectivity index (χ4n) is 2.71. The fraction of sp³-hybridized carbons (Fsp3) is 0.190. The van der Waals surface area contributed by atoms with Crippen LogP contribution in [0.3, 0.4) is 0 Å². The largest absolute Gasteiger partial charge is 0.479 e. The molecule has 0 saturated carbocycles. The van der Waals surface area contributed by atoms with Gasteiger partial charge in [0.2, 0.25) is 0 Å². The summed E-state index contributed by atoms with van der Waals surface area (Å²) < 4.78 is 10.3. The Bertz CT molecular complexity index is 998. The first-order valence-electron chi connectivity index (χ1n) is 8.99. The van der Waals surface area contributed by atoms with Crippen molar-refractivity contribution in [1.82, 2.24) is 5.43 Å².